The number of hydrogen-bond acceptors (Lipinski definition) is 5. The van der Waals surface area contributed by atoms with Gasteiger partial charge in [0.25, 0.3) is 0 Å². The Morgan fingerprint density at radius 3 is 2.90 bits per heavy atom. The van der Waals surface area contributed by atoms with E-state index in [2.05, 4.69) is 10.2 Å². The number of carbonyl (C=O) groups is 1. The molecule has 1 aromatic rings. The standard InChI is InChI=1S/C15H21N3O3/c1-15(14(16)19,18-7-2-5-17-6-8-18)11-3-4-12-13(9-11)21-10-20-12/h3-4,9,17H,2,5-8,10H2,1H3,(H2,16,19). The molecule has 114 valence electrons. The molecular formula is C15H21N3O3. The van der Waals surface area contributed by atoms with Crippen molar-refractivity contribution in [1.29, 1.82) is 0 Å². The number of fused-ring (bicyclic) bond motifs is 1. The van der Waals surface area contributed by atoms with Gasteiger partial charge in [-0.1, -0.05) is 6.07 Å². The van der Waals surface area contributed by atoms with Crippen LogP contribution in [0, 0.1) is 0 Å². The van der Waals surface area contributed by atoms with Crippen LogP contribution in [-0.2, 0) is 10.3 Å². The monoisotopic (exact) mass is 291 g/mol. The van der Waals surface area contributed by atoms with Crippen LogP contribution in [0.1, 0.15) is 18.9 Å². The summed E-state index contributed by atoms with van der Waals surface area (Å²) in [6.45, 7) is 5.55. The van der Waals surface area contributed by atoms with Crippen molar-refractivity contribution >= 4 is 5.91 Å². The van der Waals surface area contributed by atoms with Crippen LogP contribution in [0.2, 0.25) is 0 Å². The van der Waals surface area contributed by atoms with E-state index in [0.29, 0.717) is 11.5 Å². The van der Waals surface area contributed by atoms with E-state index >= 15 is 0 Å². The average molecular weight is 291 g/mol. The van der Waals surface area contributed by atoms with Crippen LogP contribution >= 0.6 is 0 Å². The molecule has 0 saturated carbocycles. The van der Waals surface area contributed by atoms with Gasteiger partial charge in [0.15, 0.2) is 11.5 Å². The lowest BCUT2D eigenvalue weighted by molar-refractivity contribution is -0.130. The highest BCUT2D eigenvalue weighted by atomic mass is 16.7. The van der Waals surface area contributed by atoms with Gasteiger partial charge < -0.3 is 20.5 Å². The van der Waals surface area contributed by atoms with Gasteiger partial charge in [-0.2, -0.15) is 0 Å². The quantitative estimate of drug-likeness (QED) is 0.843. The number of nitrogens with one attached hydrogen (secondary N) is 1. The molecule has 1 aromatic carbocycles. The van der Waals surface area contributed by atoms with Crippen molar-refractivity contribution in [1.82, 2.24) is 10.2 Å². The summed E-state index contributed by atoms with van der Waals surface area (Å²) in [5.74, 6) is 1.04. The second-order valence-electron chi connectivity index (χ2n) is 5.60. The first-order chi connectivity index (χ1) is 10.1. The van der Waals surface area contributed by atoms with Gasteiger partial charge in [-0.05, 0) is 37.6 Å². The Kier molecular flexibility index (Phi) is 3.73. The van der Waals surface area contributed by atoms with Crippen molar-refractivity contribution in [3.8, 4) is 11.5 Å². The summed E-state index contributed by atoms with van der Waals surface area (Å²) in [6.07, 6.45) is 0.993. The summed E-state index contributed by atoms with van der Waals surface area (Å²) in [6, 6.07) is 5.61. The minimum Gasteiger partial charge on any atom is -0.454 e. The number of amides is 1. The minimum absolute atomic E-state index is 0.222. The van der Waals surface area contributed by atoms with E-state index in [-0.39, 0.29) is 12.7 Å². The molecule has 2 aliphatic rings. The topological polar surface area (TPSA) is 76.8 Å². The zero-order valence-corrected chi connectivity index (χ0v) is 12.2. The maximum Gasteiger partial charge on any atom is 0.242 e. The number of nitrogens with two attached hydrogens (primary N) is 1. The molecule has 6 nitrogen and oxygen atoms in total. The number of nitrogens with zero attached hydrogens (tertiary/aromatic N) is 1. The van der Waals surface area contributed by atoms with E-state index in [1.807, 2.05) is 25.1 Å². The molecule has 2 aliphatic heterocycles. The molecule has 1 unspecified atom stereocenters. The van der Waals surface area contributed by atoms with Gasteiger partial charge >= 0.3 is 0 Å². The molecule has 2 heterocycles. The highest BCUT2D eigenvalue weighted by Crippen LogP contribution is 2.38. The van der Waals surface area contributed by atoms with E-state index in [1.54, 1.807) is 0 Å². The minimum atomic E-state index is -0.840. The Morgan fingerprint density at radius 1 is 1.29 bits per heavy atom. The van der Waals surface area contributed by atoms with Gasteiger partial charge in [-0.25, -0.2) is 0 Å². The summed E-state index contributed by atoms with van der Waals surface area (Å²) in [5.41, 5.74) is 5.76. The molecule has 6 heteroatoms. The van der Waals surface area contributed by atoms with Crippen molar-refractivity contribution in [3.05, 3.63) is 23.8 Å². The second kappa shape index (κ2) is 5.54. The third-order valence-electron chi connectivity index (χ3n) is 4.39. The molecule has 1 saturated heterocycles. The van der Waals surface area contributed by atoms with Gasteiger partial charge in [0.1, 0.15) is 5.54 Å². The van der Waals surface area contributed by atoms with Crippen molar-refractivity contribution in [2.75, 3.05) is 33.0 Å². The van der Waals surface area contributed by atoms with Crippen LogP contribution in [0.15, 0.2) is 18.2 Å². The van der Waals surface area contributed by atoms with Gasteiger partial charge in [-0.3, -0.25) is 9.69 Å². The fraction of sp³-hybridized carbons (Fsp3) is 0.533. The number of benzene rings is 1. The first-order valence-corrected chi connectivity index (χ1v) is 7.28. The van der Waals surface area contributed by atoms with Gasteiger partial charge in [0, 0.05) is 19.6 Å². The first kappa shape index (κ1) is 14.2. The molecule has 0 radical (unpaired) electrons. The summed E-state index contributed by atoms with van der Waals surface area (Å²) in [7, 11) is 0. The normalized spacial score (nSPS) is 21.6. The van der Waals surface area contributed by atoms with Crippen molar-refractivity contribution in [2.45, 2.75) is 18.9 Å². The number of ether oxygens (including phenoxy) is 2. The Balaban J connectivity index is 1.98. The maximum absolute atomic E-state index is 12.2. The molecule has 0 aromatic heterocycles. The SMILES string of the molecule is CC(C(N)=O)(c1ccc2c(c1)OCO2)N1CCCNCC1. The Hall–Kier alpha value is -1.79. The molecular weight excluding hydrogens is 270 g/mol. The molecule has 0 bridgehead atoms. The highest BCUT2D eigenvalue weighted by Gasteiger charge is 2.40. The average Bonchev–Trinajstić information content (AvgIpc) is 2.77. The molecule has 0 aliphatic carbocycles. The van der Waals surface area contributed by atoms with Crippen LogP contribution in [0.5, 0.6) is 11.5 Å². The third-order valence-corrected chi connectivity index (χ3v) is 4.39. The van der Waals surface area contributed by atoms with Crippen molar-refractivity contribution in [2.24, 2.45) is 5.73 Å². The van der Waals surface area contributed by atoms with E-state index < -0.39 is 5.54 Å². The second-order valence-corrected chi connectivity index (χ2v) is 5.60. The Bertz CT molecular complexity index is 541. The molecule has 1 fully saturated rings. The largest absolute Gasteiger partial charge is 0.454 e. The third kappa shape index (κ3) is 2.45. The molecule has 3 N–H and O–H groups in total. The van der Waals surface area contributed by atoms with E-state index in [0.717, 1.165) is 38.2 Å². The summed E-state index contributed by atoms with van der Waals surface area (Å²) in [4.78, 5) is 14.4. The summed E-state index contributed by atoms with van der Waals surface area (Å²) >= 11 is 0. The predicted molar refractivity (Wildman–Crippen MR) is 78.2 cm³/mol. The van der Waals surface area contributed by atoms with Crippen molar-refractivity contribution in [3.63, 3.8) is 0 Å². The number of carbonyl (C=O) groups excluding carboxylic acids is 1. The highest BCUT2D eigenvalue weighted by molar-refractivity contribution is 5.86. The van der Waals surface area contributed by atoms with Crippen LogP contribution < -0.4 is 20.5 Å². The summed E-state index contributed by atoms with van der Waals surface area (Å²) < 4.78 is 10.8. The van der Waals surface area contributed by atoms with E-state index in [9.17, 15) is 4.79 Å². The lowest BCUT2D eigenvalue weighted by Gasteiger charge is -2.38. The lowest BCUT2D eigenvalue weighted by atomic mass is 9.88. The number of primary amides is 1. The Morgan fingerprint density at radius 2 is 2.10 bits per heavy atom. The fourth-order valence-corrected chi connectivity index (χ4v) is 2.97. The molecule has 0 spiro atoms. The van der Waals surface area contributed by atoms with E-state index in [4.69, 9.17) is 15.2 Å². The van der Waals surface area contributed by atoms with Crippen LogP contribution in [0.3, 0.4) is 0 Å². The zero-order valence-electron chi connectivity index (χ0n) is 12.2. The fourth-order valence-electron chi connectivity index (χ4n) is 2.97. The molecule has 21 heavy (non-hydrogen) atoms. The maximum atomic E-state index is 12.2. The molecule has 1 amide bonds. The van der Waals surface area contributed by atoms with Gasteiger partial charge in [0.2, 0.25) is 12.7 Å². The lowest BCUT2D eigenvalue weighted by Crippen LogP contribution is -2.54. The number of hydrogen-bond donors (Lipinski definition) is 2. The summed E-state index contributed by atoms with van der Waals surface area (Å²) in [5, 5.41) is 3.34. The van der Waals surface area contributed by atoms with E-state index in [1.165, 1.54) is 0 Å². The molecule has 1 atom stereocenters. The van der Waals surface area contributed by atoms with Gasteiger partial charge in [-0.15, -0.1) is 0 Å². The van der Waals surface area contributed by atoms with Crippen molar-refractivity contribution < 1.29 is 14.3 Å². The van der Waals surface area contributed by atoms with Gasteiger partial charge in [0.05, 0.1) is 0 Å². The van der Waals surface area contributed by atoms with Crippen LogP contribution in [-0.4, -0.2) is 43.8 Å². The smallest absolute Gasteiger partial charge is 0.242 e. The predicted octanol–water partition coefficient (Wildman–Crippen LogP) is 0.411. The molecule has 3 rings (SSSR count). The number of rotatable bonds is 3. The van der Waals surface area contributed by atoms with Crippen LogP contribution in [0.25, 0.3) is 0 Å². The first-order valence-electron chi connectivity index (χ1n) is 7.28. The Labute approximate surface area is 124 Å². The van der Waals surface area contributed by atoms with Crippen LogP contribution in [0.4, 0.5) is 0 Å². The zero-order chi connectivity index (χ0) is 14.9.